The molecule has 32 heavy (non-hydrogen) atoms. The van der Waals surface area contributed by atoms with Gasteiger partial charge in [-0.2, -0.15) is 0 Å². The Morgan fingerprint density at radius 3 is 2.41 bits per heavy atom. The van der Waals surface area contributed by atoms with Gasteiger partial charge in [0.25, 0.3) is 15.9 Å². The van der Waals surface area contributed by atoms with Crippen LogP contribution in [0.2, 0.25) is 0 Å². The van der Waals surface area contributed by atoms with Crippen LogP contribution in [0, 0.1) is 0 Å². The second-order valence-corrected chi connectivity index (χ2v) is 8.98. The van der Waals surface area contributed by atoms with Gasteiger partial charge >= 0.3 is 0 Å². The first-order valence-corrected chi connectivity index (χ1v) is 11.8. The van der Waals surface area contributed by atoms with Gasteiger partial charge in [0.1, 0.15) is 0 Å². The molecule has 1 heterocycles. The molecule has 1 aliphatic rings. The largest absolute Gasteiger partial charge is 0.490 e. The predicted octanol–water partition coefficient (Wildman–Crippen LogP) is 3.62. The summed E-state index contributed by atoms with van der Waals surface area (Å²) >= 11 is 0. The van der Waals surface area contributed by atoms with Crippen LogP contribution in [0.5, 0.6) is 11.5 Å². The van der Waals surface area contributed by atoms with Crippen molar-refractivity contribution in [1.82, 2.24) is 5.32 Å². The maximum atomic E-state index is 13.0. The van der Waals surface area contributed by atoms with Crippen molar-refractivity contribution in [3.05, 3.63) is 83.9 Å². The highest BCUT2D eigenvalue weighted by Gasteiger charge is 2.21. The molecule has 1 aliphatic heterocycles. The zero-order valence-electron chi connectivity index (χ0n) is 17.4. The summed E-state index contributed by atoms with van der Waals surface area (Å²) in [6.07, 6.45) is 1.40. The number of sulfonamides is 1. The van der Waals surface area contributed by atoms with E-state index >= 15 is 0 Å². The molecule has 0 atom stereocenters. The van der Waals surface area contributed by atoms with Gasteiger partial charge in [0.2, 0.25) is 0 Å². The normalized spacial score (nSPS) is 13.1. The summed E-state index contributed by atoms with van der Waals surface area (Å²) in [5.41, 5.74) is 1.56. The number of carbonyl (C=O) groups excluding carboxylic acids is 1. The van der Waals surface area contributed by atoms with Crippen LogP contribution < -0.4 is 19.5 Å². The summed E-state index contributed by atoms with van der Waals surface area (Å²) in [6.45, 7) is 1.41. The first-order chi connectivity index (χ1) is 15.5. The molecule has 166 valence electrons. The average Bonchev–Trinajstić information content (AvgIpc) is 3.05. The first-order valence-electron chi connectivity index (χ1n) is 10.4. The first kappa shape index (κ1) is 21.7. The molecule has 0 unspecified atom stereocenters. The Kier molecular flexibility index (Phi) is 6.61. The van der Waals surface area contributed by atoms with Crippen LogP contribution in [-0.2, 0) is 16.4 Å². The van der Waals surface area contributed by atoms with Crippen molar-refractivity contribution in [2.24, 2.45) is 0 Å². The van der Waals surface area contributed by atoms with Crippen molar-refractivity contribution < 1.29 is 22.7 Å². The van der Waals surface area contributed by atoms with Crippen LogP contribution in [0.3, 0.4) is 0 Å². The number of para-hydroxylation sites is 1. The summed E-state index contributed by atoms with van der Waals surface area (Å²) < 4.78 is 39.7. The van der Waals surface area contributed by atoms with Gasteiger partial charge in [-0.3, -0.25) is 9.52 Å². The predicted molar refractivity (Wildman–Crippen MR) is 122 cm³/mol. The van der Waals surface area contributed by atoms with Crippen LogP contribution in [-0.4, -0.2) is 34.1 Å². The maximum Gasteiger partial charge on any atom is 0.262 e. The lowest BCUT2D eigenvalue weighted by molar-refractivity contribution is 0.0955. The van der Waals surface area contributed by atoms with Gasteiger partial charge in [-0.15, -0.1) is 0 Å². The lowest BCUT2D eigenvalue weighted by Crippen LogP contribution is -2.27. The van der Waals surface area contributed by atoms with Crippen LogP contribution in [0.1, 0.15) is 22.3 Å². The molecule has 0 saturated carbocycles. The van der Waals surface area contributed by atoms with E-state index in [0.717, 1.165) is 12.0 Å². The molecular weight excluding hydrogens is 428 g/mol. The van der Waals surface area contributed by atoms with E-state index in [-0.39, 0.29) is 22.1 Å². The Morgan fingerprint density at radius 2 is 1.59 bits per heavy atom. The lowest BCUT2D eigenvalue weighted by Gasteiger charge is -2.14. The van der Waals surface area contributed by atoms with E-state index in [9.17, 15) is 13.2 Å². The maximum absolute atomic E-state index is 13.0. The van der Waals surface area contributed by atoms with Gasteiger partial charge in [0, 0.05) is 19.0 Å². The van der Waals surface area contributed by atoms with Gasteiger partial charge in [0.15, 0.2) is 11.5 Å². The fraction of sp³-hybridized carbons (Fsp3) is 0.208. The lowest BCUT2D eigenvalue weighted by atomic mass is 10.1. The number of rotatable bonds is 7. The molecule has 7 nitrogen and oxygen atoms in total. The minimum atomic E-state index is -3.94. The van der Waals surface area contributed by atoms with Crippen molar-refractivity contribution in [3.63, 3.8) is 0 Å². The Hall–Kier alpha value is -3.52. The summed E-state index contributed by atoms with van der Waals surface area (Å²) in [7, 11) is -3.94. The minimum Gasteiger partial charge on any atom is -0.490 e. The van der Waals surface area contributed by atoms with Crippen molar-refractivity contribution in [3.8, 4) is 11.5 Å². The van der Waals surface area contributed by atoms with Gasteiger partial charge in [-0.1, -0.05) is 42.5 Å². The van der Waals surface area contributed by atoms with Gasteiger partial charge in [-0.05, 0) is 36.2 Å². The van der Waals surface area contributed by atoms with Crippen LogP contribution in [0.4, 0.5) is 5.69 Å². The Bertz CT molecular complexity index is 1200. The highest BCUT2D eigenvalue weighted by molar-refractivity contribution is 7.92. The van der Waals surface area contributed by atoms with Crippen LogP contribution in [0.15, 0.2) is 77.7 Å². The molecule has 0 fully saturated rings. The third kappa shape index (κ3) is 5.20. The third-order valence-corrected chi connectivity index (χ3v) is 6.35. The van der Waals surface area contributed by atoms with Gasteiger partial charge in [0.05, 0.1) is 29.4 Å². The van der Waals surface area contributed by atoms with E-state index in [1.165, 1.54) is 12.1 Å². The minimum absolute atomic E-state index is 0.0287. The molecule has 0 aromatic heterocycles. The van der Waals surface area contributed by atoms with Crippen molar-refractivity contribution in [1.29, 1.82) is 0 Å². The average molecular weight is 453 g/mol. The van der Waals surface area contributed by atoms with E-state index in [4.69, 9.17) is 9.47 Å². The standard InChI is InChI=1S/C24H24N2O5S/c27-24(25-14-13-18-7-2-1-3-8-18)20-9-4-5-10-21(20)26-32(28,29)19-11-12-22-23(17-19)31-16-6-15-30-22/h1-5,7-12,17,26H,6,13-16H2,(H,25,27). The molecular formula is C24H24N2O5S. The van der Waals surface area contributed by atoms with Crippen LogP contribution >= 0.6 is 0 Å². The number of carbonyl (C=O) groups is 1. The molecule has 8 heteroatoms. The summed E-state index contributed by atoms with van der Waals surface area (Å²) in [5.74, 6) is 0.551. The summed E-state index contributed by atoms with van der Waals surface area (Å²) in [5, 5.41) is 2.85. The monoisotopic (exact) mass is 452 g/mol. The van der Waals surface area contributed by atoms with E-state index < -0.39 is 10.0 Å². The Labute approximate surface area is 187 Å². The molecule has 0 spiro atoms. The second-order valence-electron chi connectivity index (χ2n) is 7.30. The highest BCUT2D eigenvalue weighted by Crippen LogP contribution is 2.32. The topological polar surface area (TPSA) is 93.7 Å². The van der Waals surface area contributed by atoms with Crippen molar-refractivity contribution in [2.45, 2.75) is 17.7 Å². The number of fused-ring (bicyclic) bond motifs is 1. The quantitative estimate of drug-likeness (QED) is 0.571. The van der Waals surface area contributed by atoms with E-state index in [1.54, 1.807) is 30.3 Å². The fourth-order valence-corrected chi connectivity index (χ4v) is 4.44. The van der Waals surface area contributed by atoms with E-state index in [0.29, 0.717) is 37.7 Å². The number of ether oxygens (including phenoxy) is 2. The molecule has 3 aromatic rings. The molecule has 3 aromatic carbocycles. The molecule has 1 amide bonds. The smallest absolute Gasteiger partial charge is 0.262 e. The van der Waals surface area contributed by atoms with Crippen molar-refractivity contribution in [2.75, 3.05) is 24.5 Å². The number of amides is 1. The van der Waals surface area contributed by atoms with Crippen molar-refractivity contribution >= 4 is 21.6 Å². The number of nitrogens with one attached hydrogen (secondary N) is 2. The molecule has 0 saturated heterocycles. The zero-order chi connectivity index (χ0) is 22.4. The molecule has 2 N–H and O–H groups in total. The van der Waals surface area contributed by atoms with E-state index in [1.807, 2.05) is 30.3 Å². The highest BCUT2D eigenvalue weighted by atomic mass is 32.2. The number of hydrogen-bond donors (Lipinski definition) is 2. The Balaban J connectivity index is 1.48. The number of benzene rings is 3. The number of anilines is 1. The molecule has 0 bridgehead atoms. The second kappa shape index (κ2) is 9.74. The summed E-state index contributed by atoms with van der Waals surface area (Å²) in [4.78, 5) is 12.8. The molecule has 0 aliphatic carbocycles. The fourth-order valence-electron chi connectivity index (χ4n) is 3.34. The molecule has 0 radical (unpaired) electrons. The Morgan fingerprint density at radius 1 is 0.875 bits per heavy atom. The van der Waals surface area contributed by atoms with Gasteiger partial charge in [-0.25, -0.2) is 8.42 Å². The summed E-state index contributed by atoms with van der Waals surface area (Å²) in [6, 6.07) is 20.8. The number of hydrogen-bond acceptors (Lipinski definition) is 5. The molecule has 4 rings (SSSR count). The third-order valence-electron chi connectivity index (χ3n) is 4.99. The SMILES string of the molecule is O=C(NCCc1ccccc1)c1ccccc1NS(=O)(=O)c1ccc2c(c1)OCCCO2. The van der Waals surface area contributed by atoms with Crippen LogP contribution in [0.25, 0.3) is 0 Å². The van der Waals surface area contributed by atoms with Gasteiger partial charge < -0.3 is 14.8 Å². The zero-order valence-corrected chi connectivity index (χ0v) is 18.2. The van der Waals surface area contributed by atoms with E-state index in [2.05, 4.69) is 10.0 Å².